The fraction of sp³-hybridized carbons (Fsp3) is 0. The summed E-state index contributed by atoms with van der Waals surface area (Å²) in [5.41, 5.74) is 2.32. The van der Waals surface area contributed by atoms with Gasteiger partial charge in [0.1, 0.15) is 0 Å². The minimum atomic E-state index is -1.51. The Bertz CT molecular complexity index is 555. The van der Waals surface area contributed by atoms with Crippen molar-refractivity contribution < 1.29 is 33.2 Å². The monoisotopic (exact) mass is 434 g/mol. The van der Waals surface area contributed by atoms with Crippen LogP contribution in [0.3, 0.4) is 0 Å². The van der Waals surface area contributed by atoms with E-state index in [0.717, 1.165) is 11.1 Å². The third-order valence-corrected chi connectivity index (χ3v) is 8.62. The second-order valence-electron chi connectivity index (χ2n) is 3.68. The molecule has 82 valence electrons. The van der Waals surface area contributed by atoms with Gasteiger partial charge in [-0.2, -0.15) is 0 Å². The Morgan fingerprint density at radius 3 is 2.59 bits per heavy atom. The van der Waals surface area contributed by atoms with Gasteiger partial charge in [0, 0.05) is 0 Å². The van der Waals surface area contributed by atoms with E-state index in [9.17, 15) is 4.79 Å². The molecule has 0 amide bonds. The molecule has 2 aromatic carbocycles. The number of carbonyl (C=O) groups is 1. The van der Waals surface area contributed by atoms with Crippen LogP contribution in [0.25, 0.3) is 11.1 Å². The van der Waals surface area contributed by atoms with Crippen LogP contribution < -0.4 is 3.07 Å². The van der Waals surface area contributed by atoms with Gasteiger partial charge in [-0.25, -0.2) is 0 Å². The Morgan fingerprint density at radius 2 is 1.88 bits per heavy atom. The third-order valence-electron chi connectivity index (χ3n) is 2.58. The first-order valence-corrected chi connectivity index (χ1v) is 14.7. The van der Waals surface area contributed by atoms with E-state index < -0.39 is 29.3 Å². The van der Waals surface area contributed by atoms with Gasteiger partial charge in [-0.3, -0.25) is 0 Å². The Hall–Kier alpha value is -0.865. The minimum absolute atomic E-state index is 0.309. The van der Waals surface area contributed by atoms with Crippen molar-refractivity contribution in [3.63, 3.8) is 0 Å². The van der Waals surface area contributed by atoms with E-state index in [1.54, 1.807) is 18.2 Å². The second-order valence-corrected chi connectivity index (χ2v) is 10.0. The molecule has 17 heavy (non-hydrogen) atoms. The van der Waals surface area contributed by atoms with E-state index in [-0.39, 0.29) is 0 Å². The summed E-state index contributed by atoms with van der Waals surface area (Å²) in [6.45, 7) is 0. The summed E-state index contributed by atoms with van der Waals surface area (Å²) in [5.74, 6) is -0.903. The number of hydrogen-bond donors (Lipinski definition) is 1. The zero-order valence-electron chi connectivity index (χ0n) is 9.06. The SMILES string of the molecule is O=C(O)c1cccc(-c2cccc[c]2[Hg][Cl])c1. The van der Waals surface area contributed by atoms with Crippen molar-refractivity contribution >= 4 is 17.3 Å². The predicted molar refractivity (Wildman–Crippen MR) is 64.3 cm³/mol. The molecule has 2 nitrogen and oxygen atoms in total. The summed E-state index contributed by atoms with van der Waals surface area (Å²) in [7, 11) is 6.09. The maximum absolute atomic E-state index is 10.9. The molecule has 0 aliphatic carbocycles. The van der Waals surface area contributed by atoms with E-state index in [2.05, 4.69) is 0 Å². The molecule has 0 spiro atoms. The van der Waals surface area contributed by atoms with Gasteiger partial charge in [-0.15, -0.1) is 0 Å². The fourth-order valence-corrected chi connectivity index (χ4v) is 6.47. The van der Waals surface area contributed by atoms with Gasteiger partial charge in [-0.1, -0.05) is 0 Å². The molecule has 0 fully saturated rings. The normalized spacial score (nSPS) is 9.71. The van der Waals surface area contributed by atoms with E-state index in [4.69, 9.17) is 13.4 Å². The van der Waals surface area contributed by atoms with Crippen LogP contribution in [0.4, 0.5) is 0 Å². The van der Waals surface area contributed by atoms with Crippen molar-refractivity contribution in [3.8, 4) is 11.1 Å². The van der Waals surface area contributed by atoms with Crippen molar-refractivity contribution in [1.82, 2.24) is 0 Å². The van der Waals surface area contributed by atoms with Crippen molar-refractivity contribution in [2.75, 3.05) is 0 Å². The van der Waals surface area contributed by atoms with Gasteiger partial charge in [0.25, 0.3) is 0 Å². The quantitative estimate of drug-likeness (QED) is 0.757. The number of carboxylic acid groups (broad SMARTS) is 1. The third kappa shape index (κ3) is 2.88. The van der Waals surface area contributed by atoms with Gasteiger partial charge >= 0.3 is 116 Å². The first-order chi connectivity index (χ1) is 8.22. The molecular weight excluding hydrogens is 424 g/mol. The average molecular weight is 433 g/mol. The molecule has 0 bridgehead atoms. The summed E-state index contributed by atoms with van der Waals surface area (Å²) < 4.78 is 1.22. The molecule has 0 heterocycles. The van der Waals surface area contributed by atoms with Gasteiger partial charge in [0.15, 0.2) is 0 Å². The van der Waals surface area contributed by atoms with Crippen molar-refractivity contribution in [2.45, 2.75) is 0 Å². The zero-order valence-corrected chi connectivity index (χ0v) is 15.3. The van der Waals surface area contributed by atoms with Crippen molar-refractivity contribution in [2.24, 2.45) is 0 Å². The van der Waals surface area contributed by atoms with Crippen LogP contribution in [0.5, 0.6) is 0 Å². The Kier molecular flexibility index (Phi) is 4.18. The van der Waals surface area contributed by atoms with Gasteiger partial charge in [-0.05, 0) is 0 Å². The van der Waals surface area contributed by atoms with Gasteiger partial charge in [0.2, 0.25) is 0 Å². The van der Waals surface area contributed by atoms with Gasteiger partial charge in [0.05, 0.1) is 0 Å². The first kappa shape index (κ1) is 12.6. The number of aromatic carboxylic acids is 1. The molecule has 0 aliphatic heterocycles. The van der Waals surface area contributed by atoms with Crippen molar-refractivity contribution in [3.05, 3.63) is 54.1 Å². The molecule has 0 radical (unpaired) electrons. The van der Waals surface area contributed by atoms with Crippen LogP contribution in [0, 0.1) is 0 Å². The molecule has 0 aliphatic rings. The topological polar surface area (TPSA) is 37.3 Å². The Morgan fingerprint density at radius 1 is 1.12 bits per heavy atom. The zero-order chi connectivity index (χ0) is 12.3. The molecule has 2 rings (SSSR count). The first-order valence-electron chi connectivity index (χ1n) is 5.20. The predicted octanol–water partition coefficient (Wildman–Crippen LogP) is 2.91. The number of hydrogen-bond acceptors (Lipinski definition) is 1. The molecule has 2 aromatic rings. The van der Waals surface area contributed by atoms with E-state index >= 15 is 0 Å². The Labute approximate surface area is 115 Å². The fourth-order valence-electron chi connectivity index (χ4n) is 1.74. The van der Waals surface area contributed by atoms with Crippen LogP contribution in [-0.2, 0) is 23.3 Å². The van der Waals surface area contributed by atoms with Crippen LogP contribution >= 0.6 is 8.25 Å². The average Bonchev–Trinajstić information content (AvgIpc) is 2.39. The molecule has 1 N–H and O–H groups in total. The summed E-state index contributed by atoms with van der Waals surface area (Å²) in [4.78, 5) is 10.9. The number of carboxylic acids is 1. The van der Waals surface area contributed by atoms with Crippen LogP contribution in [0.15, 0.2) is 48.5 Å². The summed E-state index contributed by atoms with van der Waals surface area (Å²) in [5, 5.41) is 8.97. The summed E-state index contributed by atoms with van der Waals surface area (Å²) >= 11 is -1.51. The maximum atomic E-state index is 10.9. The molecule has 0 aromatic heterocycles. The van der Waals surface area contributed by atoms with Crippen LogP contribution in [0.1, 0.15) is 10.4 Å². The molecule has 4 heteroatoms. The van der Waals surface area contributed by atoms with E-state index in [0.29, 0.717) is 5.56 Å². The molecule has 0 saturated carbocycles. The van der Waals surface area contributed by atoms with Crippen LogP contribution in [-0.4, -0.2) is 11.1 Å². The van der Waals surface area contributed by atoms with E-state index in [1.165, 1.54) is 3.07 Å². The van der Waals surface area contributed by atoms with Gasteiger partial charge < -0.3 is 0 Å². The van der Waals surface area contributed by atoms with Crippen LogP contribution in [0.2, 0.25) is 0 Å². The standard InChI is InChI=1S/C13H9O2.ClH.Hg/c14-13(15)12-8-4-7-11(9-12)10-5-2-1-3-6-10;;/h1-5,7-9H,(H,14,15);1H;/q;;+1/p-1. The molecule has 0 saturated heterocycles. The Balaban J connectivity index is 2.52. The number of rotatable bonds is 3. The van der Waals surface area contributed by atoms with E-state index in [1.807, 2.05) is 30.3 Å². The molecule has 0 atom stereocenters. The molecular formula is C13H9ClHgO2. The summed E-state index contributed by atoms with van der Waals surface area (Å²) in [6.07, 6.45) is 0. The van der Waals surface area contributed by atoms with Crippen molar-refractivity contribution in [1.29, 1.82) is 0 Å². The number of halogens is 1. The second kappa shape index (κ2) is 5.65. The number of benzene rings is 2. The molecule has 0 unspecified atom stereocenters. The summed E-state index contributed by atoms with van der Waals surface area (Å²) in [6, 6.07) is 14.9.